The normalized spacial score (nSPS) is 11.0. The molecule has 5 nitrogen and oxygen atoms in total. The minimum Gasteiger partial charge on any atom is -0.326 e. The average molecular weight is 390 g/mol. The van der Waals surface area contributed by atoms with E-state index in [1.165, 1.54) is 0 Å². The van der Waals surface area contributed by atoms with E-state index >= 15 is 0 Å². The number of nitrogens with two attached hydrogens (primary N) is 1. The third-order valence-corrected chi connectivity index (χ3v) is 5.17. The molecular weight excluding hydrogens is 370 g/mol. The molecule has 5 rings (SSSR count). The number of hydrogen-bond donors (Lipinski definition) is 1. The summed E-state index contributed by atoms with van der Waals surface area (Å²) in [6, 6.07) is 22.7. The van der Waals surface area contributed by atoms with Gasteiger partial charge in [0.2, 0.25) is 0 Å². The summed E-state index contributed by atoms with van der Waals surface area (Å²) in [5.74, 6) is 0. The summed E-state index contributed by atoms with van der Waals surface area (Å²) in [4.78, 5) is 16.9. The summed E-state index contributed by atoms with van der Waals surface area (Å²) in [6.07, 6.45) is 7.14. The Kier molecular flexibility index (Phi) is 4.71. The molecule has 0 aliphatic heterocycles. The van der Waals surface area contributed by atoms with Crippen LogP contribution < -0.4 is 10.7 Å². The molecule has 144 valence electrons. The van der Waals surface area contributed by atoms with Gasteiger partial charge in [-0.3, -0.25) is 4.98 Å². The Balaban J connectivity index is 1.79. The summed E-state index contributed by atoms with van der Waals surface area (Å²) < 4.78 is 0. The highest BCUT2D eigenvalue weighted by Crippen LogP contribution is 2.35. The second kappa shape index (κ2) is 7.81. The molecule has 3 N–H and O–H groups in total. The smallest absolute Gasteiger partial charge is 0.283 e. The number of H-pyrrole nitrogens is 1. The zero-order valence-electron chi connectivity index (χ0n) is 16.3. The van der Waals surface area contributed by atoms with Crippen molar-refractivity contribution in [2.75, 3.05) is 0 Å². The second-order valence-electron chi connectivity index (χ2n) is 7.05. The van der Waals surface area contributed by atoms with E-state index in [1.54, 1.807) is 18.7 Å². The van der Waals surface area contributed by atoms with E-state index in [2.05, 4.69) is 57.4 Å². The summed E-state index contributed by atoms with van der Waals surface area (Å²) in [7, 11) is 0. The van der Waals surface area contributed by atoms with Gasteiger partial charge in [-0.2, -0.15) is 0 Å². The zero-order chi connectivity index (χ0) is 20.3. The number of aromatic amines is 1. The number of benzene rings is 2. The molecule has 0 saturated heterocycles. The lowest BCUT2D eigenvalue weighted by Crippen LogP contribution is -2.02. The molecule has 0 unspecified atom stereocenters. The van der Waals surface area contributed by atoms with Gasteiger partial charge >= 0.3 is 0 Å². The van der Waals surface area contributed by atoms with Gasteiger partial charge in [-0.05, 0) is 23.3 Å². The summed E-state index contributed by atoms with van der Waals surface area (Å²) in [5.41, 5.74) is 13.7. The van der Waals surface area contributed by atoms with Gasteiger partial charge in [-0.25, -0.2) is 9.97 Å². The molecular formula is C25H20N5+. The maximum Gasteiger partial charge on any atom is 0.283 e. The third-order valence-electron chi connectivity index (χ3n) is 5.17. The van der Waals surface area contributed by atoms with E-state index in [0.29, 0.717) is 6.54 Å². The van der Waals surface area contributed by atoms with Crippen molar-refractivity contribution in [1.29, 1.82) is 0 Å². The fraction of sp³-hybridized carbons (Fsp3) is 0.0400. The minimum absolute atomic E-state index is 0.522. The number of aromatic nitrogens is 4. The van der Waals surface area contributed by atoms with Gasteiger partial charge in [-0.15, -0.1) is 0 Å². The number of nitrogens with one attached hydrogen (secondary N) is 1. The molecule has 0 aliphatic carbocycles. The number of rotatable bonds is 4. The fourth-order valence-electron chi connectivity index (χ4n) is 3.64. The van der Waals surface area contributed by atoms with Crippen LogP contribution in [-0.4, -0.2) is 15.0 Å². The van der Waals surface area contributed by atoms with Crippen LogP contribution in [0.15, 0.2) is 91.6 Å². The summed E-state index contributed by atoms with van der Waals surface area (Å²) in [5, 5.41) is 0.986. The van der Waals surface area contributed by atoms with E-state index in [1.807, 2.05) is 30.5 Å². The molecule has 2 aromatic carbocycles. The first-order valence-corrected chi connectivity index (χ1v) is 9.79. The second-order valence-corrected chi connectivity index (χ2v) is 7.05. The van der Waals surface area contributed by atoms with Crippen LogP contribution in [0.3, 0.4) is 0 Å². The average Bonchev–Trinajstić information content (AvgIpc) is 2.84. The molecule has 0 aliphatic rings. The lowest BCUT2D eigenvalue weighted by Gasteiger charge is -2.13. The molecule has 3 aromatic heterocycles. The van der Waals surface area contributed by atoms with Gasteiger partial charge < -0.3 is 5.73 Å². The Bertz CT molecular complexity index is 1300. The van der Waals surface area contributed by atoms with Crippen molar-refractivity contribution in [3.63, 3.8) is 0 Å². The Morgan fingerprint density at radius 1 is 0.833 bits per heavy atom. The van der Waals surface area contributed by atoms with Crippen LogP contribution in [0.1, 0.15) is 5.56 Å². The van der Waals surface area contributed by atoms with Crippen molar-refractivity contribution in [2.24, 2.45) is 5.73 Å². The zero-order valence-corrected chi connectivity index (χ0v) is 16.3. The Hall–Kier alpha value is -3.96. The van der Waals surface area contributed by atoms with Crippen LogP contribution in [0, 0.1) is 0 Å². The molecule has 30 heavy (non-hydrogen) atoms. The van der Waals surface area contributed by atoms with Crippen LogP contribution in [0.5, 0.6) is 0 Å². The van der Waals surface area contributed by atoms with Crippen molar-refractivity contribution < 1.29 is 4.98 Å². The van der Waals surface area contributed by atoms with Gasteiger partial charge in [-0.1, -0.05) is 59.6 Å². The molecule has 3 heterocycles. The molecule has 0 atom stereocenters. The first kappa shape index (κ1) is 18.1. The molecule has 0 fully saturated rings. The third kappa shape index (κ3) is 3.32. The number of hydrogen-bond acceptors (Lipinski definition) is 4. The highest BCUT2D eigenvalue weighted by Gasteiger charge is 2.15. The van der Waals surface area contributed by atoms with Crippen LogP contribution in [0.4, 0.5) is 0 Å². The number of nitrogens with zero attached hydrogens (tertiary/aromatic N) is 3. The Morgan fingerprint density at radius 3 is 2.40 bits per heavy atom. The van der Waals surface area contributed by atoms with Gasteiger partial charge in [0, 0.05) is 29.3 Å². The summed E-state index contributed by atoms with van der Waals surface area (Å²) in [6.45, 7) is 0.522. The largest absolute Gasteiger partial charge is 0.326 e. The standard InChI is InChI=1S/C25H19N5/c26-13-17-6-8-19(9-7-17)25-21(18-4-2-1-3-5-18)12-22-23(30-25)10-11-29-24(22)20-14-27-16-28-15-20/h1-12,14-16H,13,26H2/p+1. The molecule has 5 aromatic rings. The molecule has 0 spiro atoms. The minimum atomic E-state index is 0.522. The van der Waals surface area contributed by atoms with Gasteiger partial charge in [0.1, 0.15) is 6.20 Å². The maximum absolute atomic E-state index is 5.78. The molecule has 0 radical (unpaired) electrons. The van der Waals surface area contributed by atoms with Crippen molar-refractivity contribution in [2.45, 2.75) is 6.54 Å². The van der Waals surface area contributed by atoms with Crippen molar-refractivity contribution in [3.05, 3.63) is 97.2 Å². The molecule has 0 bridgehead atoms. The monoisotopic (exact) mass is 390 g/mol. The van der Waals surface area contributed by atoms with Gasteiger partial charge in [0.15, 0.2) is 6.20 Å². The van der Waals surface area contributed by atoms with E-state index < -0.39 is 0 Å². The highest BCUT2D eigenvalue weighted by atomic mass is 14.8. The van der Waals surface area contributed by atoms with Crippen LogP contribution in [-0.2, 0) is 6.54 Å². The topological polar surface area (TPSA) is 78.8 Å². The summed E-state index contributed by atoms with van der Waals surface area (Å²) >= 11 is 0. The lowest BCUT2D eigenvalue weighted by molar-refractivity contribution is -0.382. The lowest BCUT2D eigenvalue weighted by atomic mass is 9.96. The van der Waals surface area contributed by atoms with Crippen LogP contribution in [0.25, 0.3) is 44.5 Å². The molecule has 0 saturated carbocycles. The number of pyridine rings is 2. The SMILES string of the molecule is NCc1ccc(-c2nc3ccnc(-c4cnc[nH+]c4)c3cc2-c2ccccc2)cc1. The highest BCUT2D eigenvalue weighted by molar-refractivity contribution is 5.98. The molecule has 5 heteroatoms. The predicted molar refractivity (Wildman–Crippen MR) is 118 cm³/mol. The quantitative estimate of drug-likeness (QED) is 0.496. The van der Waals surface area contributed by atoms with Gasteiger partial charge in [0.25, 0.3) is 6.33 Å². The van der Waals surface area contributed by atoms with Gasteiger partial charge in [0.05, 0.1) is 22.5 Å². The number of fused-ring (bicyclic) bond motifs is 1. The Labute approximate surface area is 174 Å². The van der Waals surface area contributed by atoms with Crippen molar-refractivity contribution in [1.82, 2.24) is 15.0 Å². The van der Waals surface area contributed by atoms with Crippen LogP contribution >= 0.6 is 0 Å². The first-order valence-electron chi connectivity index (χ1n) is 9.79. The predicted octanol–water partition coefficient (Wildman–Crippen LogP) is 4.30. The van der Waals surface area contributed by atoms with Crippen molar-refractivity contribution >= 4 is 10.9 Å². The van der Waals surface area contributed by atoms with E-state index in [4.69, 9.17) is 10.7 Å². The Morgan fingerprint density at radius 2 is 1.67 bits per heavy atom. The van der Waals surface area contributed by atoms with Crippen LogP contribution in [0.2, 0.25) is 0 Å². The maximum atomic E-state index is 5.78. The fourth-order valence-corrected chi connectivity index (χ4v) is 3.64. The van der Waals surface area contributed by atoms with E-state index in [9.17, 15) is 0 Å². The van der Waals surface area contributed by atoms with E-state index in [-0.39, 0.29) is 0 Å². The first-order chi connectivity index (χ1) is 14.8. The molecule has 0 amide bonds. The van der Waals surface area contributed by atoms with Crippen molar-refractivity contribution in [3.8, 4) is 33.6 Å². The van der Waals surface area contributed by atoms with E-state index in [0.717, 1.165) is 50.1 Å².